The van der Waals surface area contributed by atoms with Crippen LogP contribution in [0, 0.1) is 6.92 Å². The van der Waals surface area contributed by atoms with Gasteiger partial charge in [-0.15, -0.1) is 0 Å². The van der Waals surface area contributed by atoms with Crippen molar-refractivity contribution in [3.63, 3.8) is 0 Å². The van der Waals surface area contributed by atoms with Crippen molar-refractivity contribution in [2.24, 2.45) is 0 Å². The predicted octanol–water partition coefficient (Wildman–Crippen LogP) is 2.19. The minimum absolute atomic E-state index is 0.243. The first-order chi connectivity index (χ1) is 8.52. The van der Waals surface area contributed by atoms with Crippen LogP contribution in [0.5, 0.6) is 0 Å². The van der Waals surface area contributed by atoms with E-state index in [1.165, 1.54) is 6.08 Å². The molecule has 96 valence electrons. The van der Waals surface area contributed by atoms with Crippen LogP contribution in [0.1, 0.15) is 29.8 Å². The van der Waals surface area contributed by atoms with Crippen molar-refractivity contribution in [3.8, 4) is 0 Å². The number of aryl methyl sites for hydroxylation is 1. The lowest BCUT2D eigenvalue weighted by atomic mass is 10.1. The second kappa shape index (κ2) is 6.59. The fourth-order valence-corrected chi connectivity index (χ4v) is 1.35. The van der Waals surface area contributed by atoms with Crippen LogP contribution in [0.4, 0.5) is 0 Å². The van der Waals surface area contributed by atoms with Crippen molar-refractivity contribution < 1.29 is 14.3 Å². The van der Waals surface area contributed by atoms with Crippen LogP contribution in [0.2, 0.25) is 0 Å². The Morgan fingerprint density at radius 3 is 2.44 bits per heavy atom. The van der Waals surface area contributed by atoms with Crippen LogP contribution < -0.4 is 5.32 Å². The third-order valence-electron chi connectivity index (χ3n) is 2.25. The Bertz CT molecular complexity index is 460. The number of carbonyl (C=O) groups is 2. The maximum atomic E-state index is 11.8. The minimum Gasteiger partial charge on any atom is -0.463 e. The molecule has 0 heterocycles. The molecule has 1 N–H and O–H groups in total. The molecule has 0 bridgehead atoms. The third kappa shape index (κ3) is 4.41. The highest BCUT2D eigenvalue weighted by atomic mass is 16.5. The van der Waals surface area contributed by atoms with Crippen LogP contribution in [0.25, 0.3) is 0 Å². The Hall–Kier alpha value is -2.10. The van der Waals surface area contributed by atoms with E-state index in [-0.39, 0.29) is 5.91 Å². The highest BCUT2D eigenvalue weighted by Crippen LogP contribution is 2.03. The molecule has 18 heavy (non-hydrogen) atoms. The maximum Gasteiger partial charge on any atom is 0.332 e. The largest absolute Gasteiger partial charge is 0.463 e. The third-order valence-corrected chi connectivity index (χ3v) is 2.25. The van der Waals surface area contributed by atoms with Gasteiger partial charge in [-0.05, 0) is 32.9 Å². The molecule has 0 aliphatic rings. The average Bonchev–Trinajstić information content (AvgIpc) is 2.29. The van der Waals surface area contributed by atoms with Crippen LogP contribution in [-0.4, -0.2) is 18.5 Å². The van der Waals surface area contributed by atoms with Crippen molar-refractivity contribution in [2.75, 3.05) is 6.61 Å². The zero-order chi connectivity index (χ0) is 13.5. The van der Waals surface area contributed by atoms with E-state index < -0.39 is 5.97 Å². The quantitative estimate of drug-likeness (QED) is 0.655. The summed E-state index contributed by atoms with van der Waals surface area (Å²) in [7, 11) is 0. The summed E-state index contributed by atoms with van der Waals surface area (Å²) in [6.07, 6.45) is 1.26. The molecule has 0 aliphatic carbocycles. The summed E-state index contributed by atoms with van der Waals surface area (Å²) in [5.41, 5.74) is 2.10. The number of carbonyl (C=O) groups excluding carboxylic acids is 2. The maximum absolute atomic E-state index is 11.8. The zero-order valence-electron chi connectivity index (χ0n) is 10.8. The molecule has 1 aromatic carbocycles. The molecular weight excluding hydrogens is 230 g/mol. The summed E-state index contributed by atoms with van der Waals surface area (Å²) in [6.45, 7) is 5.64. The fraction of sp³-hybridized carbons (Fsp3) is 0.286. The first-order valence-electron chi connectivity index (χ1n) is 5.76. The molecule has 0 fully saturated rings. The summed E-state index contributed by atoms with van der Waals surface area (Å²) < 4.78 is 4.75. The molecular formula is C14H17NO3. The molecule has 0 atom stereocenters. The van der Waals surface area contributed by atoms with E-state index in [1.54, 1.807) is 26.0 Å². The van der Waals surface area contributed by atoms with Gasteiger partial charge >= 0.3 is 5.97 Å². The monoisotopic (exact) mass is 247 g/mol. The average molecular weight is 247 g/mol. The van der Waals surface area contributed by atoms with Crippen LogP contribution >= 0.6 is 0 Å². The topological polar surface area (TPSA) is 55.4 Å². The fourth-order valence-electron chi connectivity index (χ4n) is 1.35. The normalized spacial score (nSPS) is 10.9. The molecule has 0 radical (unpaired) electrons. The van der Waals surface area contributed by atoms with Gasteiger partial charge in [-0.3, -0.25) is 4.79 Å². The molecule has 1 rings (SSSR count). The zero-order valence-corrected chi connectivity index (χ0v) is 10.8. The van der Waals surface area contributed by atoms with Crippen LogP contribution in [0.3, 0.4) is 0 Å². The first-order valence-corrected chi connectivity index (χ1v) is 5.76. The standard InChI is InChI=1S/C14H17NO3/c1-4-18-13(16)9-11(3)15-14(17)12-7-5-10(2)6-8-12/h5-9H,4H2,1-3H3,(H,15,17)/b11-9+. The molecule has 4 nitrogen and oxygen atoms in total. The van der Waals surface area contributed by atoms with Gasteiger partial charge in [0.05, 0.1) is 6.61 Å². The molecule has 0 aromatic heterocycles. The second-order valence-corrected chi connectivity index (χ2v) is 3.90. The van der Waals surface area contributed by atoms with Crippen LogP contribution in [-0.2, 0) is 9.53 Å². The number of hydrogen-bond acceptors (Lipinski definition) is 3. The van der Waals surface area contributed by atoms with Gasteiger partial charge in [-0.2, -0.15) is 0 Å². The number of benzene rings is 1. The highest BCUT2D eigenvalue weighted by molar-refractivity contribution is 5.96. The molecule has 0 aliphatic heterocycles. The van der Waals surface area contributed by atoms with Gasteiger partial charge in [0.25, 0.3) is 5.91 Å². The van der Waals surface area contributed by atoms with Gasteiger partial charge in [0.15, 0.2) is 0 Å². The number of nitrogens with one attached hydrogen (secondary N) is 1. The molecule has 4 heteroatoms. The van der Waals surface area contributed by atoms with Gasteiger partial charge in [-0.1, -0.05) is 17.7 Å². The Balaban J connectivity index is 2.64. The van der Waals surface area contributed by atoms with Crippen molar-refractivity contribution in [3.05, 3.63) is 47.2 Å². The van der Waals surface area contributed by atoms with Crippen molar-refractivity contribution in [1.82, 2.24) is 5.32 Å². The lowest BCUT2D eigenvalue weighted by molar-refractivity contribution is -0.137. The SMILES string of the molecule is CCOC(=O)/C=C(\C)NC(=O)c1ccc(C)cc1. The number of rotatable bonds is 4. The minimum atomic E-state index is -0.459. The predicted molar refractivity (Wildman–Crippen MR) is 69.0 cm³/mol. The Labute approximate surface area is 107 Å². The number of esters is 1. The van der Waals surface area contributed by atoms with Gasteiger partial charge in [0, 0.05) is 17.3 Å². The summed E-state index contributed by atoms with van der Waals surface area (Å²) >= 11 is 0. The first kappa shape index (κ1) is 14.0. The van der Waals surface area contributed by atoms with E-state index in [9.17, 15) is 9.59 Å². The van der Waals surface area contributed by atoms with E-state index in [4.69, 9.17) is 4.74 Å². The summed E-state index contributed by atoms with van der Waals surface area (Å²) in [5.74, 6) is -0.702. The Morgan fingerprint density at radius 1 is 1.28 bits per heavy atom. The number of hydrogen-bond donors (Lipinski definition) is 1. The lowest BCUT2D eigenvalue weighted by Crippen LogP contribution is -2.22. The molecule has 0 saturated heterocycles. The van der Waals surface area contributed by atoms with Gasteiger partial charge < -0.3 is 10.1 Å². The van der Waals surface area contributed by atoms with Gasteiger partial charge in [0.1, 0.15) is 0 Å². The van der Waals surface area contributed by atoms with Crippen molar-refractivity contribution >= 4 is 11.9 Å². The number of ether oxygens (including phenoxy) is 1. The summed E-state index contributed by atoms with van der Waals surface area (Å²) in [4.78, 5) is 23.0. The second-order valence-electron chi connectivity index (χ2n) is 3.90. The van der Waals surface area contributed by atoms with Crippen molar-refractivity contribution in [1.29, 1.82) is 0 Å². The van der Waals surface area contributed by atoms with E-state index in [2.05, 4.69) is 5.32 Å². The smallest absolute Gasteiger partial charge is 0.332 e. The Kier molecular flexibility index (Phi) is 5.11. The summed E-state index contributed by atoms with van der Waals surface area (Å²) in [5, 5.41) is 2.63. The van der Waals surface area contributed by atoms with Crippen LogP contribution in [0.15, 0.2) is 36.0 Å². The van der Waals surface area contributed by atoms with E-state index in [0.717, 1.165) is 5.56 Å². The van der Waals surface area contributed by atoms with E-state index in [0.29, 0.717) is 17.9 Å². The number of amides is 1. The van der Waals surface area contributed by atoms with E-state index >= 15 is 0 Å². The van der Waals surface area contributed by atoms with Gasteiger partial charge in [-0.25, -0.2) is 4.79 Å². The molecule has 1 aromatic rings. The Morgan fingerprint density at radius 2 is 1.89 bits per heavy atom. The molecule has 0 spiro atoms. The highest BCUT2D eigenvalue weighted by Gasteiger charge is 2.06. The molecule has 0 saturated carbocycles. The molecule has 1 amide bonds. The molecule has 0 unspecified atom stereocenters. The summed E-state index contributed by atoms with van der Waals surface area (Å²) in [6, 6.07) is 7.20. The lowest BCUT2D eigenvalue weighted by Gasteiger charge is -2.05. The number of allylic oxidation sites excluding steroid dienone is 1. The van der Waals surface area contributed by atoms with E-state index in [1.807, 2.05) is 19.1 Å². The van der Waals surface area contributed by atoms with Crippen molar-refractivity contribution in [2.45, 2.75) is 20.8 Å². The van der Waals surface area contributed by atoms with Gasteiger partial charge in [0.2, 0.25) is 0 Å².